The first-order chi connectivity index (χ1) is 16.0. The van der Waals surface area contributed by atoms with Gasteiger partial charge in [-0.1, -0.05) is 38.5 Å². The summed E-state index contributed by atoms with van der Waals surface area (Å²) in [5, 5.41) is 26.1. The predicted octanol–water partition coefficient (Wildman–Crippen LogP) is -8.64. The Bertz CT molecular complexity index is 694. The van der Waals surface area contributed by atoms with Gasteiger partial charge in [-0.15, -0.1) is 0 Å². The van der Waals surface area contributed by atoms with E-state index in [4.69, 9.17) is 11.5 Å². The minimum Gasteiger partial charge on any atom is -0.548 e. The second-order valence-corrected chi connectivity index (χ2v) is 8.77. The quantitative estimate of drug-likeness (QED) is 0.199. The summed E-state index contributed by atoms with van der Waals surface area (Å²) in [4.78, 5) is 66.2. The zero-order valence-corrected chi connectivity index (χ0v) is 25.2. The van der Waals surface area contributed by atoms with Crippen LogP contribution in [0.2, 0.25) is 0 Å². The maximum atomic E-state index is 11.7. The maximum Gasteiger partial charge on any atom is 1.00 e. The van der Waals surface area contributed by atoms with E-state index in [1.807, 2.05) is 0 Å². The van der Waals surface area contributed by atoms with E-state index < -0.39 is 48.7 Å². The number of carboxylic acid groups (broad SMARTS) is 2. The molecule has 2 aliphatic carbocycles. The molecule has 0 bridgehead atoms. The Labute approximate surface area is 255 Å². The van der Waals surface area contributed by atoms with Gasteiger partial charge >= 0.3 is 59.1 Å². The van der Waals surface area contributed by atoms with Crippen molar-refractivity contribution in [2.24, 2.45) is 23.3 Å². The number of carbonyl (C=O) groups is 6. The van der Waals surface area contributed by atoms with Crippen LogP contribution in [0.1, 0.15) is 77.0 Å². The minimum atomic E-state index is -1.48. The molecule has 0 radical (unpaired) electrons. The van der Waals surface area contributed by atoms with Gasteiger partial charge in [0.2, 0.25) is 23.6 Å². The van der Waals surface area contributed by atoms with Crippen molar-refractivity contribution < 1.29 is 98.1 Å². The molecule has 2 rings (SSSR count). The van der Waals surface area contributed by atoms with Crippen LogP contribution in [0, 0.1) is 11.8 Å². The first kappa shape index (κ1) is 37.0. The van der Waals surface area contributed by atoms with Gasteiger partial charge in [0.05, 0.1) is 36.9 Å². The summed E-state index contributed by atoms with van der Waals surface area (Å²) >= 11 is 0. The number of primary amides is 2. The van der Waals surface area contributed by atoms with Crippen LogP contribution in [0.4, 0.5) is 0 Å². The third-order valence-electron chi connectivity index (χ3n) is 5.96. The molecule has 0 unspecified atom stereocenters. The van der Waals surface area contributed by atoms with Crippen LogP contribution in [0.3, 0.4) is 0 Å². The first-order valence-electron chi connectivity index (χ1n) is 11.6. The van der Waals surface area contributed by atoms with E-state index in [1.54, 1.807) is 0 Å². The van der Waals surface area contributed by atoms with Crippen molar-refractivity contribution in [1.29, 1.82) is 0 Å². The van der Waals surface area contributed by atoms with E-state index in [0.717, 1.165) is 64.2 Å². The van der Waals surface area contributed by atoms with Crippen molar-refractivity contribution in [2.45, 2.75) is 89.1 Å². The van der Waals surface area contributed by atoms with E-state index in [2.05, 4.69) is 10.6 Å². The molecule has 2 saturated carbocycles. The van der Waals surface area contributed by atoms with E-state index >= 15 is 0 Å². The van der Waals surface area contributed by atoms with Crippen LogP contribution < -0.4 is 91.4 Å². The normalized spacial score (nSPS) is 17.3. The molecule has 0 aromatic carbocycles. The maximum absolute atomic E-state index is 11.7. The Balaban J connectivity index is 0. The molecule has 36 heavy (non-hydrogen) atoms. The number of carboxylic acids is 2. The Morgan fingerprint density at radius 1 is 0.611 bits per heavy atom. The van der Waals surface area contributed by atoms with Crippen molar-refractivity contribution in [2.75, 3.05) is 0 Å². The minimum absolute atomic E-state index is 0. The van der Waals surface area contributed by atoms with Gasteiger partial charge < -0.3 is 41.9 Å². The fourth-order valence-corrected chi connectivity index (χ4v) is 4.10. The molecular formula is C22H34N4Na2O8. The summed E-state index contributed by atoms with van der Waals surface area (Å²) in [5.41, 5.74) is 9.81. The second-order valence-electron chi connectivity index (χ2n) is 8.77. The standard InChI is InChI=1S/2C11H18N2O4.2Na/c2*12-9(14)6-8(11(16)17)13-10(15)7-4-2-1-3-5-7;;/h2*7-8H,1-6H2,(H2,12,14)(H,13,15)(H,16,17);;/q;;2*+1/p-2/t2*8-;;/m00../s1. The van der Waals surface area contributed by atoms with Gasteiger partial charge in [-0.2, -0.15) is 0 Å². The van der Waals surface area contributed by atoms with Crippen molar-refractivity contribution in [3.63, 3.8) is 0 Å². The van der Waals surface area contributed by atoms with Crippen LogP contribution in [0.5, 0.6) is 0 Å². The van der Waals surface area contributed by atoms with E-state index in [0.29, 0.717) is 0 Å². The van der Waals surface area contributed by atoms with E-state index in [9.17, 15) is 39.0 Å². The molecule has 0 spiro atoms. The molecule has 2 atom stereocenters. The molecule has 12 nitrogen and oxygen atoms in total. The summed E-state index contributed by atoms with van der Waals surface area (Å²) in [6, 6.07) is -2.64. The van der Waals surface area contributed by atoms with Gasteiger partial charge in [0.25, 0.3) is 0 Å². The van der Waals surface area contributed by atoms with Gasteiger partial charge in [0.15, 0.2) is 0 Å². The number of nitrogens with one attached hydrogen (secondary N) is 2. The number of carbonyl (C=O) groups excluding carboxylic acids is 6. The summed E-state index contributed by atoms with van der Waals surface area (Å²) in [6.45, 7) is 0. The fourth-order valence-electron chi connectivity index (χ4n) is 4.10. The molecule has 4 amide bonds. The SMILES string of the molecule is NC(=O)C[C@H](NC(=O)C1CCCCC1)C(=O)[O-].NC(=O)C[C@H](NC(=O)C1CCCCC1)C(=O)[O-].[Na+].[Na+]. The van der Waals surface area contributed by atoms with Gasteiger partial charge in [0.1, 0.15) is 0 Å². The molecule has 0 saturated heterocycles. The van der Waals surface area contributed by atoms with Crippen LogP contribution in [0.25, 0.3) is 0 Å². The molecule has 192 valence electrons. The number of hydrogen-bond acceptors (Lipinski definition) is 8. The van der Waals surface area contributed by atoms with Crippen molar-refractivity contribution in [1.82, 2.24) is 10.6 Å². The number of hydrogen-bond donors (Lipinski definition) is 4. The van der Waals surface area contributed by atoms with Gasteiger partial charge in [-0.3, -0.25) is 19.2 Å². The molecular weight excluding hydrogens is 494 g/mol. The van der Waals surface area contributed by atoms with Gasteiger partial charge in [-0.25, -0.2) is 0 Å². The van der Waals surface area contributed by atoms with E-state index in [1.165, 1.54) is 0 Å². The smallest absolute Gasteiger partial charge is 0.548 e. The van der Waals surface area contributed by atoms with Crippen LogP contribution in [0.15, 0.2) is 0 Å². The van der Waals surface area contributed by atoms with Gasteiger partial charge in [0, 0.05) is 11.8 Å². The summed E-state index contributed by atoms with van der Waals surface area (Å²) in [6.07, 6.45) is 8.32. The first-order valence-corrected chi connectivity index (χ1v) is 11.6. The third kappa shape index (κ3) is 15.2. The number of nitrogens with two attached hydrogens (primary N) is 2. The van der Waals surface area contributed by atoms with Crippen LogP contribution in [-0.2, 0) is 28.8 Å². The molecule has 0 heterocycles. The van der Waals surface area contributed by atoms with Crippen LogP contribution in [-0.4, -0.2) is 47.7 Å². The molecule has 2 aliphatic rings. The average Bonchev–Trinajstić information content (AvgIpc) is 2.79. The predicted molar refractivity (Wildman–Crippen MR) is 115 cm³/mol. The molecule has 6 N–H and O–H groups in total. The van der Waals surface area contributed by atoms with Gasteiger partial charge in [-0.05, 0) is 25.7 Å². The summed E-state index contributed by atoms with van der Waals surface area (Å²) in [5.74, 6) is -5.45. The largest absolute Gasteiger partial charge is 1.00 e. The Morgan fingerprint density at radius 3 is 1.11 bits per heavy atom. The summed E-state index contributed by atoms with van der Waals surface area (Å²) in [7, 11) is 0. The second kappa shape index (κ2) is 19.9. The Morgan fingerprint density at radius 2 is 0.889 bits per heavy atom. The molecule has 14 heteroatoms. The average molecular weight is 529 g/mol. The van der Waals surface area contributed by atoms with Crippen molar-refractivity contribution in [3.8, 4) is 0 Å². The molecule has 0 aromatic rings. The zero-order chi connectivity index (χ0) is 25.7. The Hall–Kier alpha value is -1.18. The molecule has 0 aliphatic heterocycles. The molecule has 2 fully saturated rings. The van der Waals surface area contributed by atoms with E-state index in [-0.39, 0.29) is 82.8 Å². The van der Waals surface area contributed by atoms with Crippen molar-refractivity contribution in [3.05, 3.63) is 0 Å². The number of rotatable bonds is 10. The monoisotopic (exact) mass is 528 g/mol. The van der Waals surface area contributed by atoms with Crippen molar-refractivity contribution >= 4 is 35.6 Å². The topological polar surface area (TPSA) is 225 Å². The third-order valence-corrected chi connectivity index (χ3v) is 5.96. The number of aliphatic carboxylic acids is 2. The van der Waals surface area contributed by atoms with Crippen LogP contribution >= 0.6 is 0 Å². The fraction of sp³-hybridized carbons (Fsp3) is 0.727. The summed E-state index contributed by atoms with van der Waals surface area (Å²) < 4.78 is 0. The number of amides is 4. The molecule has 0 aromatic heterocycles. The zero-order valence-electron chi connectivity index (χ0n) is 21.2. The Kier molecular flexibility index (Phi) is 20.4.